The number of ether oxygens (including phenoxy) is 1. The molecule has 0 fully saturated rings. The van der Waals surface area contributed by atoms with Gasteiger partial charge in [-0.25, -0.2) is 4.99 Å². The van der Waals surface area contributed by atoms with Crippen molar-refractivity contribution in [3.63, 3.8) is 0 Å². The summed E-state index contributed by atoms with van der Waals surface area (Å²) in [6.45, 7) is 2.84. The number of aliphatic imine (C=N–C) groups is 2. The Morgan fingerprint density at radius 1 is 1.23 bits per heavy atom. The SMILES string of the molecule is CC1(Cn2ccc(OCc3ccccc3)cc2=O)C=NC=N1. The first-order chi connectivity index (χ1) is 10.6. The highest BCUT2D eigenvalue weighted by molar-refractivity contribution is 5.85. The molecule has 1 aliphatic heterocycles. The van der Waals surface area contributed by atoms with Gasteiger partial charge in [0.1, 0.15) is 24.2 Å². The molecule has 5 nitrogen and oxygen atoms in total. The monoisotopic (exact) mass is 295 g/mol. The van der Waals surface area contributed by atoms with Gasteiger partial charge in [-0.15, -0.1) is 0 Å². The number of hydrogen-bond donors (Lipinski definition) is 0. The molecule has 1 unspecified atom stereocenters. The maximum absolute atomic E-state index is 12.2. The molecule has 0 bridgehead atoms. The second-order valence-corrected chi connectivity index (χ2v) is 5.48. The van der Waals surface area contributed by atoms with Gasteiger partial charge in [-0.1, -0.05) is 30.3 Å². The zero-order valence-corrected chi connectivity index (χ0v) is 12.3. The molecule has 1 aliphatic rings. The standard InChI is InChI=1S/C17H17N3O2/c1-17(11-18-13-19-17)12-20-8-7-15(9-16(20)21)22-10-14-5-3-2-4-6-14/h2-9,11,13H,10,12H2,1H3. The Morgan fingerprint density at radius 2 is 2.05 bits per heavy atom. The first kappa shape index (κ1) is 14.3. The van der Waals surface area contributed by atoms with E-state index in [1.807, 2.05) is 37.3 Å². The van der Waals surface area contributed by atoms with Crippen LogP contribution in [0.1, 0.15) is 12.5 Å². The lowest BCUT2D eigenvalue weighted by Crippen LogP contribution is -2.33. The van der Waals surface area contributed by atoms with Crippen LogP contribution < -0.4 is 10.3 Å². The van der Waals surface area contributed by atoms with E-state index in [0.29, 0.717) is 18.9 Å². The van der Waals surface area contributed by atoms with Gasteiger partial charge < -0.3 is 9.30 Å². The Bertz CT molecular complexity index is 751. The van der Waals surface area contributed by atoms with Crippen molar-refractivity contribution in [1.82, 2.24) is 4.57 Å². The van der Waals surface area contributed by atoms with Crippen molar-refractivity contribution in [2.75, 3.05) is 0 Å². The molecule has 112 valence electrons. The summed E-state index contributed by atoms with van der Waals surface area (Å²) in [6, 6.07) is 13.1. The van der Waals surface area contributed by atoms with Gasteiger partial charge in [0.2, 0.25) is 0 Å². The van der Waals surface area contributed by atoms with Crippen LogP contribution in [0.4, 0.5) is 0 Å². The van der Waals surface area contributed by atoms with Crippen molar-refractivity contribution in [2.45, 2.75) is 25.6 Å². The van der Waals surface area contributed by atoms with Crippen LogP contribution in [0.25, 0.3) is 0 Å². The average molecular weight is 295 g/mol. The number of benzene rings is 1. The van der Waals surface area contributed by atoms with Gasteiger partial charge in [0.05, 0.1) is 6.54 Å². The predicted molar refractivity (Wildman–Crippen MR) is 86.9 cm³/mol. The Morgan fingerprint density at radius 3 is 2.73 bits per heavy atom. The highest BCUT2D eigenvalue weighted by Gasteiger charge is 2.23. The molecule has 5 heteroatoms. The number of hydrogen-bond acceptors (Lipinski definition) is 4. The van der Waals surface area contributed by atoms with Gasteiger partial charge in [0.25, 0.3) is 5.56 Å². The zero-order chi connectivity index (χ0) is 15.4. The third-order valence-electron chi connectivity index (χ3n) is 3.48. The van der Waals surface area contributed by atoms with Gasteiger partial charge in [0, 0.05) is 18.5 Å². The molecule has 3 rings (SSSR count). The van der Waals surface area contributed by atoms with Gasteiger partial charge >= 0.3 is 0 Å². The minimum Gasteiger partial charge on any atom is -0.489 e. The Kier molecular flexibility index (Phi) is 3.87. The molecule has 22 heavy (non-hydrogen) atoms. The average Bonchev–Trinajstić information content (AvgIpc) is 2.95. The summed E-state index contributed by atoms with van der Waals surface area (Å²) in [6.07, 6.45) is 5.00. The van der Waals surface area contributed by atoms with Gasteiger partial charge in [-0.05, 0) is 18.6 Å². The van der Waals surface area contributed by atoms with E-state index in [4.69, 9.17) is 4.74 Å². The third kappa shape index (κ3) is 3.31. The van der Waals surface area contributed by atoms with Crippen LogP contribution in [-0.4, -0.2) is 22.7 Å². The number of pyridine rings is 1. The summed E-state index contributed by atoms with van der Waals surface area (Å²) in [4.78, 5) is 20.4. The molecular weight excluding hydrogens is 278 g/mol. The zero-order valence-electron chi connectivity index (χ0n) is 12.3. The van der Waals surface area contributed by atoms with E-state index in [1.54, 1.807) is 23.0 Å². The molecule has 2 heterocycles. The molecule has 0 radical (unpaired) electrons. The molecule has 2 aromatic rings. The topological polar surface area (TPSA) is 56.0 Å². The van der Waals surface area contributed by atoms with Crippen LogP contribution >= 0.6 is 0 Å². The molecule has 0 aliphatic carbocycles. The van der Waals surface area contributed by atoms with Crippen molar-refractivity contribution in [1.29, 1.82) is 0 Å². The fraction of sp³-hybridized carbons (Fsp3) is 0.235. The Hall–Kier alpha value is -2.69. The normalized spacial score (nSPS) is 19.5. The number of nitrogens with zero attached hydrogens (tertiary/aromatic N) is 3. The van der Waals surface area contributed by atoms with Crippen LogP contribution in [0.5, 0.6) is 5.75 Å². The molecule has 0 saturated carbocycles. The minimum atomic E-state index is -0.448. The molecule has 0 N–H and O–H groups in total. The maximum Gasteiger partial charge on any atom is 0.254 e. The second kappa shape index (κ2) is 5.97. The van der Waals surface area contributed by atoms with E-state index in [0.717, 1.165) is 5.56 Å². The fourth-order valence-electron chi connectivity index (χ4n) is 2.27. The molecule has 1 aromatic carbocycles. The summed E-state index contributed by atoms with van der Waals surface area (Å²) in [5.74, 6) is 0.568. The molecule has 1 atom stereocenters. The lowest BCUT2D eigenvalue weighted by atomic mass is 10.1. The first-order valence-electron chi connectivity index (χ1n) is 7.10. The van der Waals surface area contributed by atoms with Crippen molar-refractivity contribution < 1.29 is 4.74 Å². The van der Waals surface area contributed by atoms with Crippen LogP contribution in [0.3, 0.4) is 0 Å². The van der Waals surface area contributed by atoms with Crippen LogP contribution in [-0.2, 0) is 13.2 Å². The summed E-state index contributed by atoms with van der Waals surface area (Å²) in [7, 11) is 0. The molecule has 0 amide bonds. The highest BCUT2D eigenvalue weighted by atomic mass is 16.5. The number of rotatable bonds is 5. The number of aromatic nitrogens is 1. The largest absolute Gasteiger partial charge is 0.489 e. The summed E-state index contributed by atoms with van der Waals surface area (Å²) >= 11 is 0. The summed E-state index contributed by atoms with van der Waals surface area (Å²) in [5, 5.41) is 0. The predicted octanol–water partition coefficient (Wildman–Crippen LogP) is 2.30. The second-order valence-electron chi connectivity index (χ2n) is 5.48. The van der Waals surface area contributed by atoms with E-state index >= 15 is 0 Å². The van der Waals surface area contributed by atoms with Gasteiger partial charge in [-0.2, -0.15) is 0 Å². The Balaban J connectivity index is 1.68. The third-order valence-corrected chi connectivity index (χ3v) is 3.48. The first-order valence-corrected chi connectivity index (χ1v) is 7.10. The van der Waals surface area contributed by atoms with Crippen LogP contribution in [0.2, 0.25) is 0 Å². The minimum absolute atomic E-state index is 0.109. The lowest BCUT2D eigenvalue weighted by Gasteiger charge is -2.18. The summed E-state index contributed by atoms with van der Waals surface area (Å²) < 4.78 is 7.27. The fourth-order valence-corrected chi connectivity index (χ4v) is 2.27. The lowest BCUT2D eigenvalue weighted by molar-refractivity contribution is 0.304. The maximum atomic E-state index is 12.2. The highest BCUT2D eigenvalue weighted by Crippen LogP contribution is 2.15. The van der Waals surface area contributed by atoms with E-state index in [-0.39, 0.29) is 5.56 Å². The quantitative estimate of drug-likeness (QED) is 0.850. The molecular formula is C17H17N3O2. The van der Waals surface area contributed by atoms with E-state index < -0.39 is 5.54 Å². The van der Waals surface area contributed by atoms with Crippen LogP contribution in [0.15, 0.2) is 63.4 Å². The van der Waals surface area contributed by atoms with Crippen LogP contribution in [0, 0.1) is 0 Å². The van der Waals surface area contributed by atoms with Crippen molar-refractivity contribution in [3.05, 3.63) is 64.6 Å². The summed E-state index contributed by atoms with van der Waals surface area (Å²) in [5.41, 5.74) is 0.508. The van der Waals surface area contributed by atoms with Gasteiger partial charge in [0.15, 0.2) is 0 Å². The van der Waals surface area contributed by atoms with Gasteiger partial charge in [-0.3, -0.25) is 9.79 Å². The van der Waals surface area contributed by atoms with Crippen molar-refractivity contribution in [2.24, 2.45) is 9.98 Å². The van der Waals surface area contributed by atoms with E-state index in [2.05, 4.69) is 9.98 Å². The smallest absolute Gasteiger partial charge is 0.254 e. The molecule has 0 spiro atoms. The van der Waals surface area contributed by atoms with E-state index in [1.165, 1.54) is 12.4 Å². The molecule has 1 aromatic heterocycles. The van der Waals surface area contributed by atoms with Crippen molar-refractivity contribution in [3.8, 4) is 5.75 Å². The van der Waals surface area contributed by atoms with E-state index in [9.17, 15) is 4.79 Å². The van der Waals surface area contributed by atoms with Crippen molar-refractivity contribution >= 4 is 12.6 Å². The Labute approximate surface area is 128 Å². The molecule has 0 saturated heterocycles.